The first-order chi connectivity index (χ1) is 8.72. The molecule has 90 valence electrons. The molecule has 1 N–H and O–H groups in total. The summed E-state index contributed by atoms with van der Waals surface area (Å²) in [4.78, 5) is 4.29. The summed E-state index contributed by atoms with van der Waals surface area (Å²) in [6, 6.07) is 12.3. The molecule has 0 spiro atoms. The number of hydrogen-bond acceptors (Lipinski definition) is 3. The van der Waals surface area contributed by atoms with Crippen LogP contribution >= 0.6 is 0 Å². The third-order valence-corrected chi connectivity index (χ3v) is 3.01. The summed E-state index contributed by atoms with van der Waals surface area (Å²) in [5.74, 6) is 0.657. The third-order valence-electron chi connectivity index (χ3n) is 3.01. The molecular weight excluding hydrogens is 222 g/mol. The molecule has 18 heavy (non-hydrogen) atoms. The average molecular weight is 237 g/mol. The molecular formula is C15H15N3. The van der Waals surface area contributed by atoms with Crippen LogP contribution in [0.25, 0.3) is 0 Å². The zero-order valence-electron chi connectivity index (χ0n) is 10.6. The average Bonchev–Trinajstić information content (AvgIpc) is 2.41. The number of rotatable bonds is 3. The molecule has 0 bridgehead atoms. The van der Waals surface area contributed by atoms with Gasteiger partial charge in [0.25, 0.3) is 0 Å². The number of hydrogen-bond donors (Lipinski definition) is 1. The van der Waals surface area contributed by atoms with E-state index in [1.54, 1.807) is 6.20 Å². The van der Waals surface area contributed by atoms with Crippen molar-refractivity contribution in [2.75, 3.05) is 5.32 Å². The number of nitriles is 1. The Hall–Kier alpha value is -2.34. The molecule has 0 radical (unpaired) electrons. The van der Waals surface area contributed by atoms with Crippen LogP contribution in [-0.2, 0) is 6.54 Å². The van der Waals surface area contributed by atoms with Crippen molar-refractivity contribution in [1.29, 1.82) is 5.26 Å². The van der Waals surface area contributed by atoms with Crippen LogP contribution in [0, 0.1) is 25.2 Å². The molecule has 0 saturated carbocycles. The van der Waals surface area contributed by atoms with Gasteiger partial charge in [0.05, 0.1) is 5.56 Å². The first-order valence-electron chi connectivity index (χ1n) is 5.86. The van der Waals surface area contributed by atoms with E-state index in [0.29, 0.717) is 17.9 Å². The number of aromatic nitrogens is 1. The van der Waals surface area contributed by atoms with Gasteiger partial charge in [0.15, 0.2) is 0 Å². The van der Waals surface area contributed by atoms with Gasteiger partial charge in [0.1, 0.15) is 11.9 Å². The highest BCUT2D eigenvalue weighted by molar-refractivity contribution is 5.57. The van der Waals surface area contributed by atoms with Gasteiger partial charge in [-0.15, -0.1) is 0 Å². The molecule has 2 rings (SSSR count). The number of benzene rings is 1. The van der Waals surface area contributed by atoms with E-state index >= 15 is 0 Å². The molecule has 2 aromatic rings. The largest absolute Gasteiger partial charge is 0.365 e. The van der Waals surface area contributed by atoms with Gasteiger partial charge in [-0.05, 0) is 30.5 Å². The van der Waals surface area contributed by atoms with Gasteiger partial charge in [0, 0.05) is 12.7 Å². The maximum atomic E-state index is 9.19. The Morgan fingerprint density at radius 1 is 1.22 bits per heavy atom. The van der Waals surface area contributed by atoms with Crippen molar-refractivity contribution in [2.45, 2.75) is 20.4 Å². The normalized spacial score (nSPS) is 9.83. The van der Waals surface area contributed by atoms with E-state index in [2.05, 4.69) is 16.4 Å². The lowest BCUT2D eigenvalue weighted by atomic mass is 10.1. The summed E-state index contributed by atoms with van der Waals surface area (Å²) >= 11 is 0. The zero-order chi connectivity index (χ0) is 13.0. The summed E-state index contributed by atoms with van der Waals surface area (Å²) in [7, 11) is 0. The Balaban J connectivity index is 2.21. The fourth-order valence-electron chi connectivity index (χ4n) is 1.75. The maximum absolute atomic E-state index is 9.19. The molecule has 0 saturated heterocycles. The van der Waals surface area contributed by atoms with Gasteiger partial charge in [-0.25, -0.2) is 4.98 Å². The van der Waals surface area contributed by atoms with Gasteiger partial charge in [-0.2, -0.15) is 5.26 Å². The number of anilines is 1. The predicted molar refractivity (Wildman–Crippen MR) is 72.2 cm³/mol. The first kappa shape index (κ1) is 12.1. The Labute approximate surface area is 107 Å². The number of pyridine rings is 1. The molecule has 3 heteroatoms. The molecule has 0 amide bonds. The van der Waals surface area contributed by atoms with E-state index < -0.39 is 0 Å². The monoisotopic (exact) mass is 237 g/mol. The van der Waals surface area contributed by atoms with Crippen molar-refractivity contribution in [3.8, 4) is 6.07 Å². The van der Waals surface area contributed by atoms with Crippen molar-refractivity contribution in [2.24, 2.45) is 0 Å². The zero-order valence-corrected chi connectivity index (χ0v) is 10.6. The SMILES string of the molecule is Cc1cnc(NCc2ccccc2)c(C#N)c1C. The summed E-state index contributed by atoms with van der Waals surface area (Å²) in [6.45, 7) is 4.58. The van der Waals surface area contributed by atoms with Crippen LogP contribution in [0.2, 0.25) is 0 Å². The van der Waals surface area contributed by atoms with E-state index in [1.165, 1.54) is 5.56 Å². The summed E-state index contributed by atoms with van der Waals surface area (Å²) in [5.41, 5.74) is 3.83. The molecule has 1 aromatic heterocycles. The lowest BCUT2D eigenvalue weighted by molar-refractivity contribution is 1.09. The highest BCUT2D eigenvalue weighted by Gasteiger charge is 2.08. The minimum Gasteiger partial charge on any atom is -0.365 e. The fraction of sp³-hybridized carbons (Fsp3) is 0.200. The van der Waals surface area contributed by atoms with Crippen LogP contribution in [0.5, 0.6) is 0 Å². The highest BCUT2D eigenvalue weighted by Crippen LogP contribution is 2.19. The number of nitrogens with zero attached hydrogens (tertiary/aromatic N) is 2. The van der Waals surface area contributed by atoms with E-state index in [0.717, 1.165) is 11.1 Å². The van der Waals surface area contributed by atoms with Gasteiger partial charge < -0.3 is 5.32 Å². The van der Waals surface area contributed by atoms with E-state index in [-0.39, 0.29) is 0 Å². The fourth-order valence-corrected chi connectivity index (χ4v) is 1.75. The minimum atomic E-state index is 0.630. The molecule has 1 aromatic carbocycles. The first-order valence-corrected chi connectivity index (χ1v) is 5.86. The topological polar surface area (TPSA) is 48.7 Å². The second-order valence-electron chi connectivity index (χ2n) is 4.24. The second-order valence-corrected chi connectivity index (χ2v) is 4.24. The van der Waals surface area contributed by atoms with Crippen molar-refractivity contribution in [3.63, 3.8) is 0 Å². The molecule has 0 aliphatic heterocycles. The molecule has 0 aliphatic rings. The van der Waals surface area contributed by atoms with Crippen molar-refractivity contribution in [3.05, 3.63) is 58.8 Å². The summed E-state index contributed by atoms with van der Waals surface area (Å²) in [5, 5.41) is 12.4. The van der Waals surface area contributed by atoms with E-state index in [4.69, 9.17) is 0 Å². The molecule has 0 aliphatic carbocycles. The van der Waals surface area contributed by atoms with Crippen LogP contribution in [0.3, 0.4) is 0 Å². The predicted octanol–water partition coefficient (Wildman–Crippen LogP) is 3.18. The minimum absolute atomic E-state index is 0.630. The number of nitrogens with one attached hydrogen (secondary N) is 1. The molecule has 0 atom stereocenters. The van der Waals surface area contributed by atoms with Crippen LogP contribution in [0.15, 0.2) is 36.5 Å². The van der Waals surface area contributed by atoms with Crippen molar-refractivity contribution < 1.29 is 0 Å². The number of aryl methyl sites for hydroxylation is 1. The Morgan fingerprint density at radius 2 is 1.94 bits per heavy atom. The van der Waals surface area contributed by atoms with Crippen molar-refractivity contribution >= 4 is 5.82 Å². The molecule has 3 nitrogen and oxygen atoms in total. The van der Waals surface area contributed by atoms with Crippen LogP contribution in [0.1, 0.15) is 22.3 Å². The standard InChI is InChI=1S/C15H15N3/c1-11-9-17-15(14(8-16)12(11)2)18-10-13-6-4-3-5-7-13/h3-7,9H,10H2,1-2H3,(H,17,18). The molecule has 0 fully saturated rings. The Kier molecular flexibility index (Phi) is 3.59. The van der Waals surface area contributed by atoms with Gasteiger partial charge in [-0.3, -0.25) is 0 Å². The third kappa shape index (κ3) is 2.49. The smallest absolute Gasteiger partial charge is 0.144 e. The van der Waals surface area contributed by atoms with E-state index in [1.807, 2.05) is 44.2 Å². The lowest BCUT2D eigenvalue weighted by Crippen LogP contribution is -2.05. The summed E-state index contributed by atoms with van der Waals surface area (Å²) < 4.78 is 0. The van der Waals surface area contributed by atoms with Crippen molar-refractivity contribution in [1.82, 2.24) is 4.98 Å². The van der Waals surface area contributed by atoms with Gasteiger partial charge in [0.2, 0.25) is 0 Å². The lowest BCUT2D eigenvalue weighted by Gasteiger charge is -2.10. The summed E-state index contributed by atoms with van der Waals surface area (Å²) in [6.07, 6.45) is 1.80. The Bertz CT molecular complexity index is 583. The maximum Gasteiger partial charge on any atom is 0.144 e. The van der Waals surface area contributed by atoms with E-state index in [9.17, 15) is 5.26 Å². The van der Waals surface area contributed by atoms with Gasteiger partial charge in [-0.1, -0.05) is 30.3 Å². The highest BCUT2D eigenvalue weighted by atomic mass is 15.0. The van der Waals surface area contributed by atoms with Gasteiger partial charge >= 0.3 is 0 Å². The quantitative estimate of drug-likeness (QED) is 0.891. The van der Waals surface area contributed by atoms with Crippen LogP contribution in [-0.4, -0.2) is 4.98 Å². The molecule has 0 unspecified atom stereocenters. The van der Waals surface area contributed by atoms with Crippen LogP contribution in [0.4, 0.5) is 5.82 Å². The molecule has 1 heterocycles. The Morgan fingerprint density at radius 3 is 2.61 bits per heavy atom. The second kappa shape index (κ2) is 5.33. The van der Waals surface area contributed by atoms with Crippen LogP contribution < -0.4 is 5.32 Å².